The molecule has 0 aromatic carbocycles. The number of rotatable bonds is 9. The fourth-order valence-electron chi connectivity index (χ4n) is 2.21. The van der Waals surface area contributed by atoms with Crippen LogP contribution in [0.15, 0.2) is 0 Å². The number of carbonyl (C=O) groups excluding carboxylic acids is 2. The third-order valence-corrected chi connectivity index (χ3v) is 5.13. The minimum Gasteiger partial charge on any atom is -0.481 e. The molecule has 0 rings (SSSR count). The van der Waals surface area contributed by atoms with Gasteiger partial charge in [-0.25, -0.2) is 0 Å². The Bertz CT molecular complexity index is 414. The van der Waals surface area contributed by atoms with Gasteiger partial charge in [0.15, 0.2) is 0 Å². The van der Waals surface area contributed by atoms with E-state index in [1.165, 1.54) is 6.92 Å². The molecule has 0 spiro atoms. The number of Topliss-reactive ketones (excluding diaryl/α,β-unsaturated/α-hetero) is 1. The van der Waals surface area contributed by atoms with E-state index in [0.717, 1.165) is 0 Å². The first-order valence-electron chi connectivity index (χ1n) is 6.72. The summed E-state index contributed by atoms with van der Waals surface area (Å²) in [6.45, 7) is 8.68. The number of amides is 1. The van der Waals surface area contributed by atoms with Crippen LogP contribution < -0.4 is 5.32 Å². The molecule has 0 heterocycles. The molecule has 0 aliphatic carbocycles. The molecule has 0 bridgehead atoms. The van der Waals surface area contributed by atoms with E-state index >= 15 is 0 Å². The van der Waals surface area contributed by atoms with Crippen LogP contribution in [-0.2, 0) is 14.4 Å². The number of hydrogen-bond donors (Lipinski definition) is 2. The Morgan fingerprint density at radius 2 is 1.81 bits per heavy atom. The smallest absolute Gasteiger partial charge is 0.306 e. The first kappa shape index (κ1) is 20.7. The average molecular weight is 429 g/mol. The number of carbonyl (C=O) groups is 3. The van der Waals surface area contributed by atoms with Gasteiger partial charge in [0.1, 0.15) is 5.78 Å². The maximum atomic E-state index is 11.9. The van der Waals surface area contributed by atoms with Gasteiger partial charge >= 0.3 is 5.97 Å². The molecule has 7 heteroatoms. The van der Waals surface area contributed by atoms with Crippen molar-refractivity contribution in [1.82, 2.24) is 5.32 Å². The fourth-order valence-corrected chi connectivity index (χ4v) is 4.82. The van der Waals surface area contributed by atoms with Gasteiger partial charge in [0.2, 0.25) is 5.91 Å². The second-order valence-corrected chi connectivity index (χ2v) is 8.80. The quantitative estimate of drug-likeness (QED) is 0.551. The predicted molar refractivity (Wildman–Crippen MR) is 93.5 cm³/mol. The molecule has 2 N–H and O–H groups in total. The van der Waals surface area contributed by atoms with Crippen LogP contribution in [0.3, 0.4) is 0 Å². The molecule has 2 unspecified atom stereocenters. The van der Waals surface area contributed by atoms with Crippen molar-refractivity contribution in [3.05, 3.63) is 0 Å². The van der Waals surface area contributed by atoms with Crippen molar-refractivity contribution < 1.29 is 19.5 Å². The molecular formula is C14H24INO4S. The molecule has 5 nitrogen and oxygen atoms in total. The summed E-state index contributed by atoms with van der Waals surface area (Å²) in [5, 5.41) is 11.7. The van der Waals surface area contributed by atoms with Gasteiger partial charge in [-0.15, -0.1) is 0 Å². The van der Waals surface area contributed by atoms with E-state index in [9.17, 15) is 14.4 Å². The Morgan fingerprint density at radius 3 is 2.19 bits per heavy atom. The third-order valence-electron chi connectivity index (χ3n) is 3.45. The van der Waals surface area contributed by atoms with Gasteiger partial charge in [-0.3, -0.25) is 14.4 Å². The molecule has 0 fully saturated rings. The van der Waals surface area contributed by atoms with Crippen molar-refractivity contribution in [2.75, 3.05) is 5.75 Å². The summed E-state index contributed by atoms with van der Waals surface area (Å²) < 4.78 is 0. The summed E-state index contributed by atoms with van der Waals surface area (Å²) in [4.78, 5) is 34.6. The molecule has 0 aliphatic heterocycles. The van der Waals surface area contributed by atoms with Gasteiger partial charge in [0, 0.05) is 23.1 Å². The van der Waals surface area contributed by atoms with Crippen LogP contribution in [0.2, 0.25) is 0 Å². The highest BCUT2D eigenvalue weighted by Crippen LogP contribution is 2.35. The topological polar surface area (TPSA) is 83.5 Å². The van der Waals surface area contributed by atoms with Crippen molar-refractivity contribution in [2.45, 2.75) is 53.0 Å². The highest BCUT2D eigenvalue weighted by Gasteiger charge is 2.37. The first-order valence-corrected chi connectivity index (χ1v) is 10.2. The highest BCUT2D eigenvalue weighted by atomic mass is 127. The van der Waals surface area contributed by atoms with Gasteiger partial charge in [-0.2, -0.15) is 0 Å². The Balaban J connectivity index is 4.78. The monoisotopic (exact) mass is 429 g/mol. The summed E-state index contributed by atoms with van der Waals surface area (Å²) in [5.41, 5.74) is -1.08. The third kappa shape index (κ3) is 7.49. The van der Waals surface area contributed by atoms with Crippen LogP contribution in [0.25, 0.3) is 0 Å². The molecule has 122 valence electrons. The first-order chi connectivity index (χ1) is 9.43. The maximum Gasteiger partial charge on any atom is 0.306 e. The molecule has 21 heavy (non-hydrogen) atoms. The van der Waals surface area contributed by atoms with Crippen LogP contribution in [0.5, 0.6) is 0 Å². The number of ketones is 1. The lowest BCUT2D eigenvalue weighted by Crippen LogP contribution is -2.49. The van der Waals surface area contributed by atoms with E-state index < -0.39 is 22.8 Å². The van der Waals surface area contributed by atoms with E-state index in [0.29, 0.717) is 12.2 Å². The Kier molecular flexibility index (Phi) is 8.23. The second-order valence-electron chi connectivity index (χ2n) is 6.42. The largest absolute Gasteiger partial charge is 0.481 e. The van der Waals surface area contributed by atoms with Crippen molar-refractivity contribution in [2.24, 2.45) is 11.3 Å². The Labute approximate surface area is 142 Å². The molecule has 1 amide bonds. The summed E-state index contributed by atoms with van der Waals surface area (Å²) in [7, 11) is 1.57. The molecule has 0 saturated carbocycles. The zero-order chi connectivity index (χ0) is 16.8. The summed E-state index contributed by atoms with van der Waals surface area (Å²) in [6, 6.07) is 0. The fraction of sp³-hybridized carbons (Fsp3) is 0.786. The van der Waals surface area contributed by atoms with Gasteiger partial charge in [0.25, 0.3) is 0 Å². The number of nitrogens with one attached hydrogen (secondary N) is 1. The van der Waals surface area contributed by atoms with Crippen LogP contribution in [-0.4, -0.2) is 34.1 Å². The van der Waals surface area contributed by atoms with Gasteiger partial charge < -0.3 is 10.4 Å². The number of carboxylic acid groups (broad SMARTS) is 1. The summed E-state index contributed by atoms with van der Waals surface area (Å²) in [6.07, 6.45) is 0.453. The second kappa shape index (κ2) is 8.36. The molecular weight excluding hydrogens is 405 g/mol. The van der Waals surface area contributed by atoms with Crippen molar-refractivity contribution in [3.63, 3.8) is 0 Å². The van der Waals surface area contributed by atoms with Crippen molar-refractivity contribution in [1.29, 1.82) is 0 Å². The number of carboxylic acids is 1. The van der Waals surface area contributed by atoms with Crippen LogP contribution in [0.1, 0.15) is 47.5 Å². The Hall–Kier alpha value is -0.310. The lowest BCUT2D eigenvalue weighted by Gasteiger charge is -2.36. The van der Waals surface area contributed by atoms with Crippen LogP contribution >= 0.6 is 30.1 Å². The zero-order valence-electron chi connectivity index (χ0n) is 13.2. The summed E-state index contributed by atoms with van der Waals surface area (Å²) in [5.74, 6) is -1.24. The van der Waals surface area contributed by atoms with Crippen molar-refractivity contribution >= 4 is 47.8 Å². The normalized spacial score (nSPS) is 15.9. The van der Waals surface area contributed by atoms with Crippen molar-refractivity contribution in [3.8, 4) is 0 Å². The molecule has 0 aromatic rings. The minimum absolute atomic E-state index is 0.0589. The lowest BCUT2D eigenvalue weighted by molar-refractivity contribution is -0.143. The lowest BCUT2D eigenvalue weighted by atomic mass is 9.77. The van der Waals surface area contributed by atoms with Gasteiger partial charge in [-0.1, -0.05) is 22.8 Å². The van der Waals surface area contributed by atoms with E-state index in [1.54, 1.807) is 15.9 Å². The Morgan fingerprint density at radius 1 is 1.29 bits per heavy atom. The number of halogens is 1. The van der Waals surface area contributed by atoms with Gasteiger partial charge in [-0.05, 0) is 48.4 Å². The van der Waals surface area contributed by atoms with E-state index in [2.05, 4.69) is 26.5 Å². The molecule has 0 saturated heterocycles. The van der Waals surface area contributed by atoms with E-state index in [1.807, 2.05) is 20.8 Å². The maximum absolute atomic E-state index is 11.9. The van der Waals surface area contributed by atoms with Gasteiger partial charge in [0.05, 0.1) is 5.92 Å². The predicted octanol–water partition coefficient (Wildman–Crippen LogP) is 3.06. The standard InChI is InChI=1S/C14H24INO4S/c1-9(12(19)20)6-11(18)16-13(3,4)7-14(5,8-21-15)10(2)17/h9H,6-8H2,1-5H3,(H,16,18)(H,19,20). The number of aliphatic carboxylic acids is 1. The SMILES string of the molecule is CC(=O)C(C)(CSI)CC(C)(C)NC(=O)CC(C)C(=O)O. The van der Waals surface area contributed by atoms with Crippen LogP contribution in [0, 0.1) is 11.3 Å². The molecule has 0 radical (unpaired) electrons. The summed E-state index contributed by atoms with van der Waals surface area (Å²) >= 11 is 2.16. The molecule has 0 aliphatic rings. The average Bonchev–Trinajstić information content (AvgIpc) is 2.26. The van der Waals surface area contributed by atoms with E-state index in [4.69, 9.17) is 5.11 Å². The zero-order valence-corrected chi connectivity index (χ0v) is 16.1. The molecule has 0 aromatic heterocycles. The number of hydrogen-bond acceptors (Lipinski definition) is 4. The van der Waals surface area contributed by atoms with E-state index in [-0.39, 0.29) is 18.1 Å². The highest BCUT2D eigenvalue weighted by molar-refractivity contribution is 14.2. The minimum atomic E-state index is -0.988. The van der Waals surface area contributed by atoms with Crippen LogP contribution in [0.4, 0.5) is 0 Å². The molecule has 2 atom stereocenters.